The molecule has 216 valence electrons. The molecule has 0 radical (unpaired) electrons. The van der Waals surface area contributed by atoms with E-state index >= 15 is 0 Å². The van der Waals surface area contributed by atoms with Crippen LogP contribution in [0.2, 0.25) is 0 Å². The molecule has 3 heterocycles. The van der Waals surface area contributed by atoms with Crippen molar-refractivity contribution in [1.29, 1.82) is 0 Å². The van der Waals surface area contributed by atoms with E-state index in [4.69, 9.17) is 0 Å². The molecule has 6 aromatic carbocycles. The number of hydrogen-bond acceptors (Lipinski definition) is 3. The third kappa shape index (κ3) is 4.23. The zero-order valence-corrected chi connectivity index (χ0v) is 25.0. The van der Waals surface area contributed by atoms with Crippen LogP contribution in [0.5, 0.6) is 0 Å². The predicted octanol–water partition coefficient (Wildman–Crippen LogP) is 11.0. The first-order valence-electron chi connectivity index (χ1n) is 15.5. The fourth-order valence-corrected chi connectivity index (χ4v) is 6.87. The Labute approximate surface area is 266 Å². The Morgan fingerprint density at radius 1 is 0.457 bits per heavy atom. The fraction of sp³-hybridized carbons (Fsp3) is 0. The molecule has 0 saturated carbocycles. The average molecular weight is 589 g/mol. The number of rotatable bonds is 6. The highest BCUT2D eigenvalue weighted by molar-refractivity contribution is 6.27. The van der Waals surface area contributed by atoms with Crippen molar-refractivity contribution >= 4 is 49.6 Å². The first kappa shape index (κ1) is 26.2. The second-order valence-electron chi connectivity index (χ2n) is 11.6. The molecule has 0 atom stereocenters. The molecule has 4 nitrogen and oxygen atoms in total. The minimum atomic E-state index is 1.06. The molecule has 0 N–H and O–H groups in total. The molecule has 0 spiro atoms. The minimum Gasteiger partial charge on any atom is -0.310 e. The summed E-state index contributed by atoms with van der Waals surface area (Å²) in [7, 11) is 0. The van der Waals surface area contributed by atoms with Crippen molar-refractivity contribution in [3.8, 4) is 27.9 Å². The summed E-state index contributed by atoms with van der Waals surface area (Å²) < 4.78 is 2.39. The molecule has 0 saturated heterocycles. The minimum absolute atomic E-state index is 1.06. The summed E-state index contributed by atoms with van der Waals surface area (Å²) in [5.41, 5.74) is 11.2. The van der Waals surface area contributed by atoms with Gasteiger partial charge in [-0.15, -0.1) is 0 Å². The molecule has 0 fully saturated rings. The zero-order chi connectivity index (χ0) is 30.5. The molecule has 0 aliphatic rings. The van der Waals surface area contributed by atoms with Crippen LogP contribution in [0.3, 0.4) is 0 Å². The first-order valence-corrected chi connectivity index (χ1v) is 15.5. The third-order valence-electron chi connectivity index (χ3n) is 8.87. The van der Waals surface area contributed by atoms with Crippen LogP contribution in [0.4, 0.5) is 17.1 Å². The molecular formula is C42H28N4. The van der Waals surface area contributed by atoms with Crippen LogP contribution in [-0.4, -0.2) is 14.5 Å². The van der Waals surface area contributed by atoms with Crippen LogP contribution in [0.15, 0.2) is 170 Å². The molecule has 9 rings (SSSR count). The normalized spacial score (nSPS) is 11.5. The molecule has 9 aromatic rings. The van der Waals surface area contributed by atoms with E-state index in [9.17, 15) is 0 Å². The smallest absolute Gasteiger partial charge is 0.0548 e. The Balaban J connectivity index is 1.35. The standard InChI is InChI=1S/C42H28N4/c1-3-13-34(14-4-1)45(36-25-32(30-11-8-22-43-27-30)24-33(26-36)31-12-9-23-44-28-31)38-20-21-40-42-37(38)19-18-29-10-7-17-39(41(29)42)46(40)35-15-5-2-6-16-35/h1-28H. The monoisotopic (exact) mass is 588 g/mol. The average Bonchev–Trinajstić information content (AvgIpc) is 3.48. The van der Waals surface area contributed by atoms with E-state index in [1.54, 1.807) is 0 Å². The van der Waals surface area contributed by atoms with E-state index in [0.29, 0.717) is 0 Å². The number of para-hydroxylation sites is 2. The van der Waals surface area contributed by atoms with Gasteiger partial charge in [-0.1, -0.05) is 72.8 Å². The number of anilines is 3. The largest absolute Gasteiger partial charge is 0.310 e. The SMILES string of the molecule is c1ccc(N(c2cc(-c3cccnc3)cc(-c3cccnc3)c2)c2ccc3c4c2ccc2cccc(c24)n3-c2ccccc2)cc1. The molecule has 4 heteroatoms. The van der Waals surface area contributed by atoms with Gasteiger partial charge < -0.3 is 9.47 Å². The summed E-state index contributed by atoms with van der Waals surface area (Å²) in [6.07, 6.45) is 7.49. The quantitative estimate of drug-likeness (QED) is 0.181. The molecule has 3 aromatic heterocycles. The lowest BCUT2D eigenvalue weighted by Crippen LogP contribution is -2.11. The molecule has 0 aliphatic carbocycles. The lowest BCUT2D eigenvalue weighted by Gasteiger charge is -2.28. The van der Waals surface area contributed by atoms with Crippen LogP contribution in [0.25, 0.3) is 60.5 Å². The van der Waals surface area contributed by atoms with Crippen molar-refractivity contribution in [2.45, 2.75) is 0 Å². The van der Waals surface area contributed by atoms with E-state index in [2.05, 4.69) is 153 Å². The van der Waals surface area contributed by atoms with Gasteiger partial charge in [-0.25, -0.2) is 0 Å². The van der Waals surface area contributed by atoms with Crippen molar-refractivity contribution in [1.82, 2.24) is 14.5 Å². The van der Waals surface area contributed by atoms with Crippen LogP contribution in [-0.2, 0) is 0 Å². The highest BCUT2D eigenvalue weighted by Crippen LogP contribution is 2.46. The Bertz CT molecular complexity index is 2390. The van der Waals surface area contributed by atoms with Crippen molar-refractivity contribution < 1.29 is 0 Å². The van der Waals surface area contributed by atoms with Gasteiger partial charge in [-0.2, -0.15) is 0 Å². The van der Waals surface area contributed by atoms with Gasteiger partial charge >= 0.3 is 0 Å². The predicted molar refractivity (Wildman–Crippen MR) is 191 cm³/mol. The topological polar surface area (TPSA) is 34.0 Å². The van der Waals surface area contributed by atoms with Crippen molar-refractivity contribution in [3.63, 3.8) is 0 Å². The molecule has 46 heavy (non-hydrogen) atoms. The van der Waals surface area contributed by atoms with Gasteiger partial charge in [0.1, 0.15) is 0 Å². The molecule has 0 amide bonds. The summed E-state index contributed by atoms with van der Waals surface area (Å²) >= 11 is 0. The fourth-order valence-electron chi connectivity index (χ4n) is 6.87. The van der Waals surface area contributed by atoms with Gasteiger partial charge in [0, 0.05) is 69.1 Å². The van der Waals surface area contributed by atoms with Crippen LogP contribution < -0.4 is 4.90 Å². The van der Waals surface area contributed by atoms with E-state index in [0.717, 1.165) is 45.0 Å². The van der Waals surface area contributed by atoms with E-state index < -0.39 is 0 Å². The van der Waals surface area contributed by atoms with Crippen molar-refractivity contribution in [2.75, 3.05) is 4.90 Å². The second-order valence-corrected chi connectivity index (χ2v) is 11.6. The van der Waals surface area contributed by atoms with Gasteiger partial charge in [-0.3, -0.25) is 9.97 Å². The van der Waals surface area contributed by atoms with Gasteiger partial charge in [0.2, 0.25) is 0 Å². The summed E-state index contributed by atoms with van der Waals surface area (Å²) in [5.74, 6) is 0. The Morgan fingerprint density at radius 3 is 1.80 bits per heavy atom. The molecular weight excluding hydrogens is 560 g/mol. The van der Waals surface area contributed by atoms with Crippen molar-refractivity contribution in [3.05, 3.63) is 170 Å². The number of hydrogen-bond donors (Lipinski definition) is 0. The molecule has 0 aliphatic heterocycles. The molecule has 0 unspecified atom stereocenters. The Kier molecular flexibility index (Phi) is 6.10. The number of nitrogens with zero attached hydrogens (tertiary/aromatic N) is 4. The summed E-state index contributed by atoms with van der Waals surface area (Å²) in [4.78, 5) is 11.3. The van der Waals surface area contributed by atoms with E-state index in [-0.39, 0.29) is 0 Å². The third-order valence-corrected chi connectivity index (χ3v) is 8.87. The highest BCUT2D eigenvalue weighted by atomic mass is 15.1. The van der Waals surface area contributed by atoms with Crippen molar-refractivity contribution in [2.24, 2.45) is 0 Å². The first-order chi connectivity index (χ1) is 22.8. The summed E-state index contributed by atoms with van der Waals surface area (Å²) in [6.45, 7) is 0. The summed E-state index contributed by atoms with van der Waals surface area (Å²) in [6, 6.07) is 52.0. The maximum absolute atomic E-state index is 4.44. The molecule has 0 bridgehead atoms. The Morgan fingerprint density at radius 2 is 1.13 bits per heavy atom. The summed E-state index contributed by atoms with van der Waals surface area (Å²) in [5, 5.41) is 5.00. The van der Waals surface area contributed by atoms with E-state index in [1.807, 2.05) is 36.9 Å². The number of benzene rings is 6. The van der Waals surface area contributed by atoms with E-state index in [1.165, 1.54) is 32.6 Å². The van der Waals surface area contributed by atoms with Gasteiger partial charge in [0.25, 0.3) is 0 Å². The Hall–Kier alpha value is -6.26. The van der Waals surface area contributed by atoms with Crippen LogP contribution in [0.1, 0.15) is 0 Å². The van der Waals surface area contributed by atoms with Gasteiger partial charge in [-0.05, 0) is 89.3 Å². The number of aromatic nitrogens is 3. The zero-order valence-electron chi connectivity index (χ0n) is 25.0. The second kappa shape index (κ2) is 10.7. The highest BCUT2D eigenvalue weighted by Gasteiger charge is 2.22. The van der Waals surface area contributed by atoms with Gasteiger partial charge in [0.05, 0.1) is 16.7 Å². The van der Waals surface area contributed by atoms with Crippen LogP contribution in [0, 0.1) is 0 Å². The maximum Gasteiger partial charge on any atom is 0.0548 e. The number of pyridine rings is 2. The lowest BCUT2D eigenvalue weighted by atomic mass is 9.97. The lowest BCUT2D eigenvalue weighted by molar-refractivity contribution is 1.18. The van der Waals surface area contributed by atoms with Gasteiger partial charge in [0.15, 0.2) is 0 Å². The van der Waals surface area contributed by atoms with Crippen LogP contribution >= 0.6 is 0 Å². The maximum atomic E-state index is 4.44.